The number of sulfone groups is 1. The zero-order valence-corrected chi connectivity index (χ0v) is 12.5. The maximum absolute atomic E-state index is 11.1. The summed E-state index contributed by atoms with van der Waals surface area (Å²) in [5.41, 5.74) is 4.67. The minimum Gasteiger partial charge on any atom is -0.459 e. The Morgan fingerprint density at radius 3 is 2.75 bits per heavy atom. The molecule has 6 heteroatoms. The summed E-state index contributed by atoms with van der Waals surface area (Å²) in [4.78, 5) is 0. The molecule has 3 N–H and O–H groups in total. The van der Waals surface area contributed by atoms with Gasteiger partial charge in [0.15, 0.2) is 0 Å². The van der Waals surface area contributed by atoms with Crippen LogP contribution in [-0.2, 0) is 9.84 Å². The van der Waals surface area contributed by atoms with Gasteiger partial charge in [0.25, 0.3) is 0 Å². The van der Waals surface area contributed by atoms with Crippen molar-refractivity contribution >= 4 is 20.8 Å². The lowest BCUT2D eigenvalue weighted by Gasteiger charge is -2.12. The Labute approximate surface area is 119 Å². The van der Waals surface area contributed by atoms with Gasteiger partial charge in [0, 0.05) is 17.4 Å². The first kappa shape index (κ1) is 15.0. The fourth-order valence-electron chi connectivity index (χ4n) is 2.21. The Morgan fingerprint density at radius 2 is 2.10 bits per heavy atom. The van der Waals surface area contributed by atoms with Crippen LogP contribution in [0.4, 0.5) is 0 Å². The number of nitrogens with one attached hydrogen (secondary N) is 1. The lowest BCUT2D eigenvalue weighted by molar-refractivity contribution is 0.414. The van der Waals surface area contributed by atoms with Crippen molar-refractivity contribution in [3.05, 3.63) is 35.6 Å². The standard InChI is InChI=1S/C14H20N2O3S/c1-10-5-6-13-11(8-10)9-14(19-13)12(16-15)4-3-7-20(2,17)18/h5-6,8-9,12,16H,3-4,7,15H2,1-2H3. The zero-order chi connectivity index (χ0) is 14.8. The predicted octanol–water partition coefficient (Wildman–Crippen LogP) is 2.07. The van der Waals surface area contributed by atoms with E-state index in [1.165, 1.54) is 11.8 Å². The van der Waals surface area contributed by atoms with E-state index in [1.54, 1.807) is 0 Å². The van der Waals surface area contributed by atoms with Crippen LogP contribution in [0.1, 0.15) is 30.2 Å². The molecule has 0 bridgehead atoms. The van der Waals surface area contributed by atoms with Crippen LogP contribution in [0.5, 0.6) is 0 Å². The number of nitrogens with two attached hydrogens (primary N) is 1. The van der Waals surface area contributed by atoms with Crippen molar-refractivity contribution in [3.8, 4) is 0 Å². The lowest BCUT2D eigenvalue weighted by Crippen LogP contribution is -2.28. The number of benzene rings is 1. The molecule has 0 saturated carbocycles. The summed E-state index contributed by atoms with van der Waals surface area (Å²) in [6.07, 6.45) is 2.40. The number of aryl methyl sites for hydroxylation is 1. The third kappa shape index (κ3) is 3.82. The summed E-state index contributed by atoms with van der Waals surface area (Å²) in [5, 5.41) is 1.03. The van der Waals surface area contributed by atoms with E-state index in [-0.39, 0.29) is 11.8 Å². The number of hydrogen-bond acceptors (Lipinski definition) is 5. The first-order valence-electron chi connectivity index (χ1n) is 6.53. The Hall–Kier alpha value is -1.37. The topological polar surface area (TPSA) is 85.3 Å². The van der Waals surface area contributed by atoms with Crippen molar-refractivity contribution in [2.75, 3.05) is 12.0 Å². The van der Waals surface area contributed by atoms with Crippen LogP contribution in [0.3, 0.4) is 0 Å². The van der Waals surface area contributed by atoms with Gasteiger partial charge in [-0.15, -0.1) is 0 Å². The molecule has 0 radical (unpaired) electrons. The molecule has 0 saturated heterocycles. The molecule has 1 atom stereocenters. The molecule has 0 aliphatic carbocycles. The normalized spacial score (nSPS) is 13.8. The van der Waals surface area contributed by atoms with Gasteiger partial charge in [0.2, 0.25) is 0 Å². The second-order valence-electron chi connectivity index (χ2n) is 5.18. The summed E-state index contributed by atoms with van der Waals surface area (Å²) in [6.45, 7) is 2.02. The van der Waals surface area contributed by atoms with Crippen LogP contribution in [0, 0.1) is 6.92 Å². The highest BCUT2D eigenvalue weighted by Crippen LogP contribution is 2.26. The second kappa shape index (κ2) is 5.95. The fraction of sp³-hybridized carbons (Fsp3) is 0.429. The van der Waals surface area contributed by atoms with Crippen LogP contribution >= 0.6 is 0 Å². The van der Waals surface area contributed by atoms with Gasteiger partial charge < -0.3 is 4.42 Å². The molecule has 2 aromatic rings. The van der Waals surface area contributed by atoms with Gasteiger partial charge in [0.05, 0.1) is 6.04 Å². The van der Waals surface area contributed by atoms with Gasteiger partial charge in [0.1, 0.15) is 21.2 Å². The molecule has 1 aromatic heterocycles. The van der Waals surface area contributed by atoms with Crippen LogP contribution in [0.2, 0.25) is 0 Å². The number of hydrazine groups is 1. The van der Waals surface area contributed by atoms with Crippen LogP contribution in [0.15, 0.2) is 28.7 Å². The van der Waals surface area contributed by atoms with Crippen molar-refractivity contribution < 1.29 is 12.8 Å². The Morgan fingerprint density at radius 1 is 1.35 bits per heavy atom. The average Bonchev–Trinajstić information content (AvgIpc) is 2.75. The average molecular weight is 296 g/mol. The van der Waals surface area contributed by atoms with Crippen molar-refractivity contribution in [2.24, 2.45) is 5.84 Å². The highest BCUT2D eigenvalue weighted by atomic mass is 32.2. The van der Waals surface area contributed by atoms with Crippen LogP contribution < -0.4 is 11.3 Å². The van der Waals surface area contributed by atoms with E-state index in [0.717, 1.165) is 16.7 Å². The fourth-order valence-corrected chi connectivity index (χ4v) is 2.90. The quantitative estimate of drug-likeness (QED) is 0.629. The summed E-state index contributed by atoms with van der Waals surface area (Å²) < 4.78 is 28.0. The first-order valence-corrected chi connectivity index (χ1v) is 8.59. The number of fused-ring (bicyclic) bond motifs is 1. The summed E-state index contributed by atoms with van der Waals surface area (Å²) in [7, 11) is -2.94. The third-order valence-electron chi connectivity index (χ3n) is 3.24. The smallest absolute Gasteiger partial charge is 0.147 e. The second-order valence-corrected chi connectivity index (χ2v) is 7.44. The van der Waals surface area contributed by atoms with E-state index in [9.17, 15) is 8.42 Å². The molecule has 110 valence electrons. The largest absolute Gasteiger partial charge is 0.459 e. The Kier molecular flexibility index (Phi) is 4.47. The van der Waals surface area contributed by atoms with Crippen LogP contribution in [0.25, 0.3) is 11.0 Å². The molecule has 2 rings (SSSR count). The number of hydrogen-bond donors (Lipinski definition) is 2. The maximum atomic E-state index is 11.1. The van der Waals surface area contributed by atoms with Gasteiger partial charge >= 0.3 is 0 Å². The molecular weight excluding hydrogens is 276 g/mol. The summed E-state index contributed by atoms with van der Waals surface area (Å²) in [5.74, 6) is 6.44. The third-order valence-corrected chi connectivity index (χ3v) is 4.27. The van der Waals surface area contributed by atoms with Gasteiger partial charge in [-0.3, -0.25) is 5.84 Å². The lowest BCUT2D eigenvalue weighted by atomic mass is 10.1. The highest BCUT2D eigenvalue weighted by Gasteiger charge is 2.16. The first-order chi connectivity index (χ1) is 9.39. The molecule has 1 heterocycles. The van der Waals surface area contributed by atoms with Gasteiger partial charge in [-0.1, -0.05) is 11.6 Å². The SMILES string of the molecule is Cc1ccc2oc(C(CCCS(C)(=O)=O)NN)cc2c1. The van der Waals surface area contributed by atoms with E-state index in [1.807, 2.05) is 31.2 Å². The minimum atomic E-state index is -2.94. The molecule has 5 nitrogen and oxygen atoms in total. The van der Waals surface area contributed by atoms with Gasteiger partial charge in [-0.2, -0.15) is 0 Å². The van der Waals surface area contributed by atoms with E-state index in [4.69, 9.17) is 10.3 Å². The van der Waals surface area contributed by atoms with Gasteiger partial charge in [-0.05, 0) is 38.0 Å². The predicted molar refractivity (Wildman–Crippen MR) is 80.0 cm³/mol. The van der Waals surface area contributed by atoms with Crippen LogP contribution in [-0.4, -0.2) is 20.4 Å². The molecule has 0 spiro atoms. The van der Waals surface area contributed by atoms with E-state index in [0.29, 0.717) is 12.8 Å². The highest BCUT2D eigenvalue weighted by molar-refractivity contribution is 7.90. The Bertz CT molecular complexity index is 692. The summed E-state index contributed by atoms with van der Waals surface area (Å²) >= 11 is 0. The number of furan rings is 1. The van der Waals surface area contributed by atoms with Crippen molar-refractivity contribution in [1.82, 2.24) is 5.43 Å². The molecule has 1 aromatic carbocycles. The molecule has 20 heavy (non-hydrogen) atoms. The minimum absolute atomic E-state index is 0.157. The van der Waals surface area contributed by atoms with E-state index >= 15 is 0 Å². The molecule has 1 unspecified atom stereocenters. The summed E-state index contributed by atoms with van der Waals surface area (Å²) in [6, 6.07) is 7.74. The zero-order valence-electron chi connectivity index (χ0n) is 11.7. The Balaban J connectivity index is 2.13. The number of rotatable bonds is 6. The van der Waals surface area contributed by atoms with Gasteiger partial charge in [-0.25, -0.2) is 13.8 Å². The van der Waals surface area contributed by atoms with Crippen molar-refractivity contribution in [3.63, 3.8) is 0 Å². The molecule has 0 amide bonds. The van der Waals surface area contributed by atoms with Crippen molar-refractivity contribution in [1.29, 1.82) is 0 Å². The molecule has 0 aliphatic heterocycles. The monoisotopic (exact) mass is 296 g/mol. The molecule has 0 aliphatic rings. The van der Waals surface area contributed by atoms with Crippen molar-refractivity contribution in [2.45, 2.75) is 25.8 Å². The van der Waals surface area contributed by atoms with E-state index < -0.39 is 9.84 Å². The van der Waals surface area contributed by atoms with E-state index in [2.05, 4.69) is 5.43 Å². The maximum Gasteiger partial charge on any atom is 0.147 e. The molecule has 0 fully saturated rings. The molecular formula is C14H20N2O3S.